The molecule has 18 heavy (non-hydrogen) atoms. The Morgan fingerprint density at radius 1 is 1.06 bits per heavy atom. The topological polar surface area (TPSA) is 9.23 Å². The summed E-state index contributed by atoms with van der Waals surface area (Å²) in [6.07, 6.45) is 0. The predicted octanol–water partition coefficient (Wildman–Crippen LogP) is 5.41. The Labute approximate surface area is 120 Å². The molecule has 0 aliphatic heterocycles. The van der Waals surface area contributed by atoms with E-state index in [-0.39, 0.29) is 5.75 Å². The highest BCUT2D eigenvalue weighted by Crippen LogP contribution is 2.31. The molecule has 0 unspecified atom stereocenters. The van der Waals surface area contributed by atoms with Gasteiger partial charge in [0.25, 0.3) is 0 Å². The summed E-state index contributed by atoms with van der Waals surface area (Å²) < 4.78 is 32.6. The molecule has 0 aliphatic rings. The fourth-order valence-corrected chi connectivity index (χ4v) is 2.31. The van der Waals surface area contributed by atoms with Crippen molar-refractivity contribution in [2.75, 3.05) is 0 Å². The van der Waals surface area contributed by atoms with Crippen LogP contribution in [0, 0.1) is 11.6 Å². The van der Waals surface area contributed by atoms with E-state index in [1.165, 1.54) is 6.07 Å². The van der Waals surface area contributed by atoms with Crippen LogP contribution in [0.15, 0.2) is 40.9 Å². The van der Waals surface area contributed by atoms with E-state index in [1.54, 1.807) is 12.1 Å². The Bertz CT molecular complexity index is 573. The highest BCUT2D eigenvalue weighted by Gasteiger charge is 2.13. The summed E-state index contributed by atoms with van der Waals surface area (Å²) in [6, 6.07) is 9.61. The summed E-state index contributed by atoms with van der Waals surface area (Å²) >= 11 is 6.41. The number of halogens is 4. The molecule has 5 heteroatoms. The summed E-state index contributed by atoms with van der Waals surface area (Å²) in [5.74, 6) is -1.60. The van der Waals surface area contributed by atoms with E-state index >= 15 is 0 Å². The maximum Gasteiger partial charge on any atom is 0.201 e. The lowest BCUT2D eigenvalue weighted by Gasteiger charge is -2.10. The molecule has 0 fully saturated rings. The van der Waals surface area contributed by atoms with Crippen molar-refractivity contribution in [2.45, 2.75) is 5.33 Å². The van der Waals surface area contributed by atoms with Crippen molar-refractivity contribution >= 4 is 31.9 Å². The van der Waals surface area contributed by atoms with E-state index in [0.717, 1.165) is 11.6 Å². The third-order valence-corrected chi connectivity index (χ3v) is 3.36. The van der Waals surface area contributed by atoms with Crippen molar-refractivity contribution in [1.82, 2.24) is 0 Å². The van der Waals surface area contributed by atoms with Gasteiger partial charge in [-0.2, -0.15) is 4.39 Å². The molecule has 2 aromatic carbocycles. The van der Waals surface area contributed by atoms with Gasteiger partial charge in [-0.1, -0.05) is 50.1 Å². The molecule has 0 radical (unpaired) electrons. The SMILES string of the molecule is Fc1cc(Br)cc(Oc2ccccc2CBr)c1F. The molecule has 1 nitrogen and oxygen atoms in total. The van der Waals surface area contributed by atoms with Crippen LogP contribution in [0.3, 0.4) is 0 Å². The van der Waals surface area contributed by atoms with Gasteiger partial charge in [0.2, 0.25) is 5.82 Å². The fraction of sp³-hybridized carbons (Fsp3) is 0.0769. The first kappa shape index (κ1) is 13.5. The van der Waals surface area contributed by atoms with Gasteiger partial charge in [-0.3, -0.25) is 0 Å². The van der Waals surface area contributed by atoms with Crippen LogP contribution in [0.25, 0.3) is 0 Å². The van der Waals surface area contributed by atoms with Gasteiger partial charge < -0.3 is 4.74 Å². The number of hydrogen-bond acceptors (Lipinski definition) is 1. The van der Waals surface area contributed by atoms with Crippen molar-refractivity contribution in [1.29, 1.82) is 0 Å². The van der Waals surface area contributed by atoms with Crippen molar-refractivity contribution in [2.24, 2.45) is 0 Å². The third-order valence-electron chi connectivity index (χ3n) is 2.30. The summed E-state index contributed by atoms with van der Waals surface area (Å²) in [5.41, 5.74) is 0.859. The second kappa shape index (κ2) is 5.80. The number of alkyl halides is 1. The average molecular weight is 378 g/mol. The largest absolute Gasteiger partial charge is 0.454 e. The van der Waals surface area contributed by atoms with Gasteiger partial charge in [-0.05, 0) is 18.2 Å². The molecule has 0 bridgehead atoms. The fourth-order valence-electron chi connectivity index (χ4n) is 1.44. The molecule has 2 rings (SSSR count). The van der Waals surface area contributed by atoms with Crippen LogP contribution in [0.5, 0.6) is 11.5 Å². The molecule has 94 valence electrons. The summed E-state index contributed by atoms with van der Waals surface area (Å²) in [4.78, 5) is 0. The van der Waals surface area contributed by atoms with Crippen molar-refractivity contribution in [3.63, 3.8) is 0 Å². The van der Waals surface area contributed by atoms with Crippen LogP contribution < -0.4 is 4.74 Å². The van der Waals surface area contributed by atoms with E-state index in [2.05, 4.69) is 31.9 Å². The van der Waals surface area contributed by atoms with Crippen molar-refractivity contribution < 1.29 is 13.5 Å². The maximum atomic E-state index is 13.6. The lowest BCUT2D eigenvalue weighted by Crippen LogP contribution is -1.94. The van der Waals surface area contributed by atoms with E-state index in [1.807, 2.05) is 12.1 Å². The van der Waals surface area contributed by atoms with Crippen LogP contribution in [-0.4, -0.2) is 0 Å². The standard InChI is InChI=1S/C13H8Br2F2O/c14-7-8-3-1-2-4-11(8)18-12-6-9(15)5-10(16)13(12)17/h1-6H,7H2. The predicted molar refractivity (Wildman–Crippen MR) is 73.2 cm³/mol. The Kier molecular flexibility index (Phi) is 4.35. The van der Waals surface area contributed by atoms with Crippen LogP contribution in [0.4, 0.5) is 8.78 Å². The van der Waals surface area contributed by atoms with E-state index in [4.69, 9.17) is 4.74 Å². The van der Waals surface area contributed by atoms with E-state index in [9.17, 15) is 8.78 Å². The Hall–Kier alpha value is -0.940. The quantitative estimate of drug-likeness (QED) is 0.513. The van der Waals surface area contributed by atoms with Gasteiger partial charge in [-0.15, -0.1) is 0 Å². The molecule has 0 saturated carbocycles. The molecule has 0 amide bonds. The van der Waals surface area contributed by atoms with E-state index in [0.29, 0.717) is 15.6 Å². The zero-order chi connectivity index (χ0) is 13.1. The van der Waals surface area contributed by atoms with Crippen LogP contribution in [0.1, 0.15) is 5.56 Å². The highest BCUT2D eigenvalue weighted by molar-refractivity contribution is 9.10. The Morgan fingerprint density at radius 2 is 1.78 bits per heavy atom. The molecule has 0 spiro atoms. The number of benzene rings is 2. The number of hydrogen-bond donors (Lipinski definition) is 0. The normalized spacial score (nSPS) is 10.4. The first-order valence-electron chi connectivity index (χ1n) is 5.08. The molecule has 0 aromatic heterocycles. The van der Waals surface area contributed by atoms with Gasteiger partial charge in [0, 0.05) is 15.4 Å². The minimum absolute atomic E-state index is 0.143. The zero-order valence-corrected chi connectivity index (χ0v) is 12.3. The van der Waals surface area contributed by atoms with Crippen molar-refractivity contribution in [3.05, 3.63) is 58.1 Å². The number of para-hydroxylation sites is 1. The monoisotopic (exact) mass is 376 g/mol. The number of rotatable bonds is 3. The van der Waals surface area contributed by atoms with Gasteiger partial charge in [0.1, 0.15) is 5.75 Å². The maximum absolute atomic E-state index is 13.6. The van der Waals surface area contributed by atoms with Gasteiger partial charge in [0.15, 0.2) is 11.6 Å². The van der Waals surface area contributed by atoms with E-state index < -0.39 is 11.6 Å². The van der Waals surface area contributed by atoms with Gasteiger partial charge in [-0.25, -0.2) is 4.39 Å². The smallest absolute Gasteiger partial charge is 0.201 e. The lowest BCUT2D eigenvalue weighted by atomic mass is 10.2. The summed E-state index contributed by atoms with van der Waals surface area (Å²) in [7, 11) is 0. The Balaban J connectivity index is 2.40. The highest BCUT2D eigenvalue weighted by atomic mass is 79.9. The minimum Gasteiger partial charge on any atom is -0.454 e. The van der Waals surface area contributed by atoms with Gasteiger partial charge >= 0.3 is 0 Å². The Morgan fingerprint density at radius 3 is 2.50 bits per heavy atom. The van der Waals surface area contributed by atoms with Crippen molar-refractivity contribution in [3.8, 4) is 11.5 Å². The first-order chi connectivity index (χ1) is 8.61. The molecule has 0 N–H and O–H groups in total. The molecule has 0 atom stereocenters. The second-order valence-electron chi connectivity index (χ2n) is 3.54. The number of ether oxygens (including phenoxy) is 1. The average Bonchev–Trinajstić information content (AvgIpc) is 2.36. The second-order valence-corrected chi connectivity index (χ2v) is 5.02. The third kappa shape index (κ3) is 2.90. The molecule has 0 saturated heterocycles. The van der Waals surface area contributed by atoms with Gasteiger partial charge in [0.05, 0.1) is 0 Å². The first-order valence-corrected chi connectivity index (χ1v) is 6.99. The summed E-state index contributed by atoms with van der Waals surface area (Å²) in [6.45, 7) is 0. The molecular weight excluding hydrogens is 370 g/mol. The molecule has 0 heterocycles. The zero-order valence-electron chi connectivity index (χ0n) is 9.09. The van der Waals surface area contributed by atoms with Crippen LogP contribution >= 0.6 is 31.9 Å². The molecular formula is C13H8Br2F2O. The minimum atomic E-state index is -0.998. The van der Waals surface area contributed by atoms with Crippen LogP contribution in [0.2, 0.25) is 0 Å². The lowest BCUT2D eigenvalue weighted by molar-refractivity contribution is 0.413. The van der Waals surface area contributed by atoms with Crippen LogP contribution in [-0.2, 0) is 5.33 Å². The molecule has 0 aliphatic carbocycles. The molecule has 2 aromatic rings. The summed E-state index contributed by atoms with van der Waals surface area (Å²) in [5, 5.41) is 0.571.